The van der Waals surface area contributed by atoms with E-state index in [9.17, 15) is 0 Å². The van der Waals surface area contributed by atoms with Crippen molar-refractivity contribution in [3.8, 4) is 5.75 Å². The van der Waals surface area contributed by atoms with Crippen LogP contribution in [0, 0.1) is 5.92 Å². The van der Waals surface area contributed by atoms with Gasteiger partial charge in [-0.2, -0.15) is 0 Å². The molecule has 1 aliphatic heterocycles. The van der Waals surface area contributed by atoms with Gasteiger partial charge >= 0.3 is 0 Å². The van der Waals surface area contributed by atoms with Crippen LogP contribution < -0.4 is 4.74 Å². The van der Waals surface area contributed by atoms with Crippen molar-refractivity contribution in [3.63, 3.8) is 0 Å². The third-order valence-electron chi connectivity index (χ3n) is 4.80. The van der Waals surface area contributed by atoms with Gasteiger partial charge in [0.25, 0.3) is 0 Å². The fourth-order valence-electron chi connectivity index (χ4n) is 3.51. The van der Waals surface area contributed by atoms with Gasteiger partial charge in [0.15, 0.2) is 0 Å². The van der Waals surface area contributed by atoms with Gasteiger partial charge in [-0.15, -0.1) is 11.8 Å². The number of allylic oxidation sites excluding steroid dienone is 1. The van der Waals surface area contributed by atoms with Crippen molar-refractivity contribution in [2.75, 3.05) is 7.11 Å². The first-order valence-electron chi connectivity index (χ1n) is 9.30. The number of rotatable bonds is 10. The fraction of sp³-hybridized carbons (Fsp3) is 0.619. The lowest BCUT2D eigenvalue weighted by Crippen LogP contribution is -2.15. The number of benzene rings is 1. The second-order valence-corrected chi connectivity index (χ2v) is 7.84. The lowest BCUT2D eigenvalue weighted by molar-refractivity contribution is 0.410. The second kappa shape index (κ2) is 10.1. The molecule has 23 heavy (non-hydrogen) atoms. The molecule has 2 rings (SSSR count). The average molecular weight is 333 g/mol. The number of hydrogen-bond acceptors (Lipinski definition) is 2. The third kappa shape index (κ3) is 5.31. The van der Waals surface area contributed by atoms with Gasteiger partial charge in [-0.1, -0.05) is 70.2 Å². The van der Waals surface area contributed by atoms with Crippen molar-refractivity contribution in [1.82, 2.24) is 0 Å². The standard InChI is InChI=1S/C21H32OS/c1-4-6-7-8-12-17(11-5-2)20-15-16-21(23-20)18-13-9-10-14-19(18)22-3/h9-10,13-14,16-17,20H,4-8,11-12,15H2,1-3H3. The van der Waals surface area contributed by atoms with Crippen LogP contribution in [0.25, 0.3) is 4.91 Å². The van der Waals surface area contributed by atoms with Gasteiger partial charge in [0.1, 0.15) is 5.75 Å². The first-order valence-corrected chi connectivity index (χ1v) is 10.2. The van der Waals surface area contributed by atoms with Crippen molar-refractivity contribution >= 4 is 16.7 Å². The minimum absolute atomic E-state index is 0.761. The molecule has 1 aromatic carbocycles. The van der Waals surface area contributed by atoms with E-state index in [2.05, 4.69) is 49.9 Å². The highest BCUT2D eigenvalue weighted by molar-refractivity contribution is 8.09. The molecule has 0 aromatic heterocycles. The summed E-state index contributed by atoms with van der Waals surface area (Å²) in [5.74, 6) is 1.87. The van der Waals surface area contributed by atoms with Crippen molar-refractivity contribution in [3.05, 3.63) is 35.9 Å². The predicted molar refractivity (Wildman–Crippen MR) is 104 cm³/mol. The van der Waals surface area contributed by atoms with E-state index in [0.717, 1.165) is 16.9 Å². The molecule has 0 fully saturated rings. The molecular formula is C21H32OS. The SMILES string of the molecule is CCCCCCC(CCC)C1CC=C(c2ccccc2OC)S1. The Labute approximate surface area is 146 Å². The molecule has 0 amide bonds. The van der Waals surface area contributed by atoms with Crippen LogP contribution in [0.4, 0.5) is 0 Å². The average Bonchev–Trinajstić information content (AvgIpc) is 3.07. The number of para-hydroxylation sites is 1. The minimum Gasteiger partial charge on any atom is -0.496 e. The van der Waals surface area contributed by atoms with E-state index in [1.807, 2.05) is 6.07 Å². The Hall–Kier alpha value is -0.890. The minimum atomic E-state index is 0.761. The van der Waals surface area contributed by atoms with Crippen LogP contribution >= 0.6 is 11.8 Å². The summed E-state index contributed by atoms with van der Waals surface area (Å²) in [6.07, 6.45) is 13.3. The quantitative estimate of drug-likeness (QED) is 0.430. The zero-order valence-electron chi connectivity index (χ0n) is 15.0. The summed E-state index contributed by atoms with van der Waals surface area (Å²) >= 11 is 2.09. The van der Waals surface area contributed by atoms with Gasteiger partial charge in [-0.3, -0.25) is 0 Å². The Morgan fingerprint density at radius 3 is 2.65 bits per heavy atom. The molecule has 0 saturated heterocycles. The maximum absolute atomic E-state index is 5.54. The van der Waals surface area contributed by atoms with Crippen molar-refractivity contribution in [2.45, 2.75) is 70.5 Å². The molecule has 2 unspecified atom stereocenters. The number of methoxy groups -OCH3 is 1. The highest BCUT2D eigenvalue weighted by atomic mass is 32.2. The predicted octanol–water partition coefficient (Wildman–Crippen LogP) is 6.93. The number of ether oxygens (including phenoxy) is 1. The molecule has 1 heterocycles. The molecule has 1 aliphatic rings. The normalized spacial score (nSPS) is 18.7. The van der Waals surface area contributed by atoms with Crippen LogP contribution in [0.3, 0.4) is 0 Å². The number of thioether (sulfide) groups is 1. The monoisotopic (exact) mass is 332 g/mol. The van der Waals surface area contributed by atoms with Gasteiger partial charge in [-0.25, -0.2) is 0 Å². The van der Waals surface area contributed by atoms with Crippen LogP contribution in [0.2, 0.25) is 0 Å². The molecule has 1 nitrogen and oxygen atoms in total. The van der Waals surface area contributed by atoms with Crippen LogP contribution in [0.5, 0.6) is 5.75 Å². The summed E-state index contributed by atoms with van der Waals surface area (Å²) < 4.78 is 5.54. The first kappa shape index (κ1) is 18.4. The first-order chi connectivity index (χ1) is 11.3. The molecule has 0 aliphatic carbocycles. The van der Waals surface area contributed by atoms with Crippen molar-refractivity contribution in [1.29, 1.82) is 0 Å². The zero-order valence-corrected chi connectivity index (χ0v) is 15.8. The lowest BCUT2D eigenvalue weighted by Gasteiger charge is -2.23. The summed E-state index contributed by atoms with van der Waals surface area (Å²) in [6.45, 7) is 4.62. The van der Waals surface area contributed by atoms with E-state index in [1.54, 1.807) is 7.11 Å². The van der Waals surface area contributed by atoms with Crippen LogP contribution in [0.1, 0.15) is 70.8 Å². The zero-order chi connectivity index (χ0) is 16.5. The summed E-state index contributed by atoms with van der Waals surface area (Å²) in [5.41, 5.74) is 1.27. The lowest BCUT2D eigenvalue weighted by atomic mass is 9.91. The number of unbranched alkanes of at least 4 members (excludes halogenated alkanes) is 3. The molecule has 1 aromatic rings. The Morgan fingerprint density at radius 1 is 1.09 bits per heavy atom. The molecule has 0 spiro atoms. The smallest absolute Gasteiger partial charge is 0.127 e. The van der Waals surface area contributed by atoms with Gasteiger partial charge < -0.3 is 4.74 Å². The highest BCUT2D eigenvalue weighted by Gasteiger charge is 2.27. The highest BCUT2D eigenvalue weighted by Crippen LogP contribution is 2.46. The Bertz CT molecular complexity index is 494. The van der Waals surface area contributed by atoms with E-state index in [0.29, 0.717) is 0 Å². The molecule has 128 valence electrons. The third-order valence-corrected chi connectivity index (χ3v) is 6.32. The van der Waals surface area contributed by atoms with E-state index >= 15 is 0 Å². The van der Waals surface area contributed by atoms with E-state index in [4.69, 9.17) is 4.74 Å². The van der Waals surface area contributed by atoms with Crippen LogP contribution in [0.15, 0.2) is 30.3 Å². The van der Waals surface area contributed by atoms with Crippen molar-refractivity contribution < 1.29 is 4.74 Å². The summed E-state index contributed by atoms with van der Waals surface area (Å²) in [5, 5.41) is 0.761. The number of hydrogen-bond donors (Lipinski definition) is 0. The van der Waals surface area contributed by atoms with E-state index in [1.165, 1.54) is 61.8 Å². The largest absolute Gasteiger partial charge is 0.496 e. The van der Waals surface area contributed by atoms with Crippen LogP contribution in [-0.2, 0) is 0 Å². The Balaban J connectivity index is 1.95. The van der Waals surface area contributed by atoms with Crippen molar-refractivity contribution in [2.24, 2.45) is 5.92 Å². The van der Waals surface area contributed by atoms with Crippen LogP contribution in [-0.4, -0.2) is 12.4 Å². The van der Waals surface area contributed by atoms with Gasteiger partial charge in [0.05, 0.1) is 7.11 Å². The maximum Gasteiger partial charge on any atom is 0.127 e. The molecule has 0 radical (unpaired) electrons. The van der Waals surface area contributed by atoms with E-state index in [-0.39, 0.29) is 0 Å². The Kier molecular flexibility index (Phi) is 8.08. The summed E-state index contributed by atoms with van der Waals surface area (Å²) in [6, 6.07) is 8.42. The van der Waals surface area contributed by atoms with Gasteiger partial charge in [-0.05, 0) is 31.2 Å². The summed E-state index contributed by atoms with van der Waals surface area (Å²) in [4.78, 5) is 1.42. The molecule has 0 saturated carbocycles. The molecular weight excluding hydrogens is 300 g/mol. The maximum atomic E-state index is 5.54. The fourth-order valence-corrected chi connectivity index (χ4v) is 4.98. The van der Waals surface area contributed by atoms with Gasteiger partial charge in [0, 0.05) is 15.7 Å². The topological polar surface area (TPSA) is 9.23 Å². The molecule has 0 bridgehead atoms. The Morgan fingerprint density at radius 2 is 1.91 bits per heavy atom. The molecule has 2 atom stereocenters. The second-order valence-electron chi connectivity index (χ2n) is 6.56. The van der Waals surface area contributed by atoms with Gasteiger partial charge in [0.2, 0.25) is 0 Å². The molecule has 0 N–H and O–H groups in total. The molecule has 2 heteroatoms. The summed E-state index contributed by atoms with van der Waals surface area (Å²) in [7, 11) is 1.77. The van der Waals surface area contributed by atoms with E-state index < -0.39 is 0 Å².